The maximum Gasteiger partial charge on any atom is 0.195 e. The van der Waals surface area contributed by atoms with E-state index in [1.54, 1.807) is 24.4 Å². The van der Waals surface area contributed by atoms with E-state index in [1.165, 1.54) is 24.3 Å². The van der Waals surface area contributed by atoms with Crippen LogP contribution in [-0.4, -0.2) is 26.1 Å². The van der Waals surface area contributed by atoms with Gasteiger partial charge in [0.1, 0.15) is 12.3 Å². The molecule has 138 valence electrons. The van der Waals surface area contributed by atoms with E-state index < -0.39 is 0 Å². The predicted molar refractivity (Wildman–Crippen MR) is 105 cm³/mol. The van der Waals surface area contributed by atoms with Crippen molar-refractivity contribution < 1.29 is 9.90 Å². The van der Waals surface area contributed by atoms with Crippen LogP contribution in [0.15, 0.2) is 59.9 Å². The molecule has 8 nitrogen and oxygen atoms in total. The Morgan fingerprint density at radius 1 is 1.11 bits per heavy atom. The van der Waals surface area contributed by atoms with E-state index in [1.807, 2.05) is 6.07 Å². The summed E-state index contributed by atoms with van der Waals surface area (Å²) in [5, 5.41) is 21.1. The normalized spacial score (nSPS) is 10.9. The van der Waals surface area contributed by atoms with Gasteiger partial charge in [0.05, 0.1) is 11.3 Å². The molecule has 28 heavy (non-hydrogen) atoms. The Hall–Kier alpha value is -4.07. The Kier molecular flexibility index (Phi) is 4.29. The topological polar surface area (TPSA) is 134 Å². The molecule has 0 unspecified atom stereocenters. The van der Waals surface area contributed by atoms with E-state index >= 15 is 0 Å². The number of hydrogen-bond donors (Lipinski definition) is 3. The van der Waals surface area contributed by atoms with Gasteiger partial charge in [-0.2, -0.15) is 10.0 Å². The molecule has 2 aromatic heterocycles. The van der Waals surface area contributed by atoms with Crippen molar-refractivity contribution in [2.45, 2.75) is 6.54 Å². The van der Waals surface area contributed by atoms with Gasteiger partial charge in [-0.1, -0.05) is 23.4 Å². The Balaban J connectivity index is 2.00. The number of phenolic OH excluding ortho intramolecular Hbond substituents is 1. The van der Waals surface area contributed by atoms with Crippen molar-refractivity contribution in [1.82, 2.24) is 15.2 Å². The lowest BCUT2D eigenvalue weighted by atomic mass is 9.95. The summed E-state index contributed by atoms with van der Waals surface area (Å²) in [5.41, 5.74) is 9.31. The first kappa shape index (κ1) is 17.3. The molecule has 4 rings (SSSR count). The molecule has 0 amide bonds. The molecule has 0 atom stereocenters. The first-order valence-corrected chi connectivity index (χ1v) is 8.44. The van der Waals surface area contributed by atoms with Crippen LogP contribution in [0.25, 0.3) is 22.2 Å². The number of carbonyl (C=O) groups is 1. The van der Waals surface area contributed by atoms with E-state index in [-0.39, 0.29) is 18.1 Å². The molecule has 0 aliphatic carbocycles. The van der Waals surface area contributed by atoms with Gasteiger partial charge >= 0.3 is 0 Å². The van der Waals surface area contributed by atoms with Crippen molar-refractivity contribution in [3.8, 4) is 16.9 Å². The molecule has 0 saturated carbocycles. The van der Waals surface area contributed by atoms with Gasteiger partial charge in [0.15, 0.2) is 11.4 Å². The molecule has 0 fully saturated rings. The minimum absolute atomic E-state index is 0.0680. The van der Waals surface area contributed by atoms with E-state index in [2.05, 4.69) is 20.4 Å². The lowest BCUT2D eigenvalue weighted by Crippen LogP contribution is -2.04. The van der Waals surface area contributed by atoms with Gasteiger partial charge in [0, 0.05) is 34.0 Å². The molecule has 0 saturated heterocycles. The standard InChI is InChI=1S/C20H15N5O3/c21-15-4-2-1-3-13(15)17-16(10-23-28)24-25-20-18(17)14(9-22-20)19(27)11-5-7-12(26)8-6-11/h1-9,26H,10,21H2,(H,22,25). The molecule has 4 aromatic rings. The van der Waals surface area contributed by atoms with Crippen LogP contribution in [-0.2, 0) is 6.54 Å². The average molecular weight is 373 g/mol. The maximum atomic E-state index is 13.1. The van der Waals surface area contributed by atoms with E-state index in [9.17, 15) is 14.8 Å². The molecule has 4 N–H and O–H groups in total. The lowest BCUT2D eigenvalue weighted by molar-refractivity contribution is 0.104. The molecular weight excluding hydrogens is 358 g/mol. The Morgan fingerprint density at radius 2 is 1.86 bits per heavy atom. The Morgan fingerprint density at radius 3 is 2.57 bits per heavy atom. The summed E-state index contributed by atoms with van der Waals surface area (Å²) < 4.78 is 0. The van der Waals surface area contributed by atoms with Crippen LogP contribution in [0.1, 0.15) is 21.6 Å². The molecule has 0 radical (unpaired) electrons. The number of aromatic amines is 1. The monoisotopic (exact) mass is 373 g/mol. The Bertz CT molecular complexity index is 1200. The molecular formula is C20H15N5O3. The van der Waals surface area contributed by atoms with Crippen LogP contribution in [0.5, 0.6) is 5.75 Å². The van der Waals surface area contributed by atoms with Gasteiger partial charge in [-0.3, -0.25) is 4.79 Å². The van der Waals surface area contributed by atoms with Gasteiger partial charge in [-0.05, 0) is 30.3 Å². The predicted octanol–water partition coefficient (Wildman–Crippen LogP) is 3.41. The van der Waals surface area contributed by atoms with Crippen molar-refractivity contribution in [2.75, 3.05) is 5.73 Å². The second kappa shape index (κ2) is 6.92. The number of H-pyrrole nitrogens is 1. The number of benzene rings is 2. The number of nitrogens with zero attached hydrogens (tertiary/aromatic N) is 3. The number of ketones is 1. The summed E-state index contributed by atoms with van der Waals surface area (Å²) in [6.45, 7) is -0.204. The fourth-order valence-corrected chi connectivity index (χ4v) is 3.18. The lowest BCUT2D eigenvalue weighted by Gasteiger charge is -2.11. The summed E-state index contributed by atoms with van der Waals surface area (Å²) in [4.78, 5) is 27.0. The number of aromatic hydroxyl groups is 1. The molecule has 0 aliphatic heterocycles. The van der Waals surface area contributed by atoms with Crippen molar-refractivity contribution in [3.63, 3.8) is 0 Å². The zero-order valence-corrected chi connectivity index (χ0v) is 14.6. The molecule has 0 bridgehead atoms. The summed E-state index contributed by atoms with van der Waals surface area (Å²) in [5.74, 6) is -0.196. The van der Waals surface area contributed by atoms with Crippen LogP contribution in [0.3, 0.4) is 0 Å². The van der Waals surface area contributed by atoms with Gasteiger partial charge in [0.25, 0.3) is 0 Å². The number of nitroso groups, excluding NO2 is 1. The highest BCUT2D eigenvalue weighted by Crippen LogP contribution is 2.36. The highest BCUT2D eigenvalue weighted by molar-refractivity contribution is 6.19. The minimum Gasteiger partial charge on any atom is -0.508 e. The minimum atomic E-state index is -0.264. The quantitative estimate of drug-likeness (QED) is 0.279. The SMILES string of the molecule is Nc1ccccc1-c1c(CN=O)nnc2[nH]cc(C(=O)c3ccc(O)cc3)c12. The van der Waals surface area contributed by atoms with Crippen molar-refractivity contribution >= 4 is 22.5 Å². The summed E-state index contributed by atoms with van der Waals surface area (Å²) in [6.07, 6.45) is 1.55. The average Bonchev–Trinajstić information content (AvgIpc) is 3.13. The first-order chi connectivity index (χ1) is 13.6. The van der Waals surface area contributed by atoms with E-state index in [0.29, 0.717) is 44.7 Å². The zero-order chi connectivity index (χ0) is 19.7. The number of carbonyl (C=O) groups excluding carboxylic acids is 1. The number of fused-ring (bicyclic) bond motifs is 1. The first-order valence-electron chi connectivity index (χ1n) is 8.44. The number of nitrogen functional groups attached to an aromatic ring is 1. The number of nitrogens with one attached hydrogen (secondary N) is 1. The summed E-state index contributed by atoms with van der Waals surface area (Å²) in [6, 6.07) is 13.1. The molecule has 2 heterocycles. The second-order valence-electron chi connectivity index (χ2n) is 6.20. The fourth-order valence-electron chi connectivity index (χ4n) is 3.18. The highest BCUT2D eigenvalue weighted by Gasteiger charge is 2.23. The third kappa shape index (κ3) is 2.86. The van der Waals surface area contributed by atoms with Gasteiger partial charge in [0.2, 0.25) is 0 Å². The number of aromatic nitrogens is 3. The summed E-state index contributed by atoms with van der Waals surface area (Å²) in [7, 11) is 0. The van der Waals surface area contributed by atoms with E-state index in [4.69, 9.17) is 5.73 Å². The Labute approximate surface area is 159 Å². The number of para-hydroxylation sites is 1. The van der Waals surface area contributed by atoms with Crippen molar-refractivity contribution in [2.24, 2.45) is 5.18 Å². The second-order valence-corrected chi connectivity index (χ2v) is 6.20. The number of nitrogens with two attached hydrogens (primary N) is 1. The van der Waals surface area contributed by atoms with Crippen molar-refractivity contribution in [1.29, 1.82) is 0 Å². The third-order valence-electron chi connectivity index (χ3n) is 4.49. The van der Waals surface area contributed by atoms with Gasteiger partial charge in [-0.15, -0.1) is 5.10 Å². The number of hydrogen-bond acceptors (Lipinski definition) is 7. The third-order valence-corrected chi connectivity index (χ3v) is 4.49. The molecule has 8 heteroatoms. The van der Waals surface area contributed by atoms with Gasteiger partial charge in [-0.25, -0.2) is 0 Å². The largest absolute Gasteiger partial charge is 0.508 e. The van der Waals surface area contributed by atoms with E-state index in [0.717, 1.165) is 0 Å². The van der Waals surface area contributed by atoms with Crippen LogP contribution >= 0.6 is 0 Å². The molecule has 0 spiro atoms. The van der Waals surface area contributed by atoms with Crippen LogP contribution in [0.2, 0.25) is 0 Å². The number of phenols is 1. The fraction of sp³-hybridized carbons (Fsp3) is 0.0500. The molecule has 2 aromatic carbocycles. The van der Waals surface area contributed by atoms with Crippen molar-refractivity contribution in [3.05, 3.63) is 76.5 Å². The number of anilines is 1. The zero-order valence-electron chi connectivity index (χ0n) is 14.6. The van der Waals surface area contributed by atoms with Crippen LogP contribution in [0, 0.1) is 4.91 Å². The smallest absolute Gasteiger partial charge is 0.195 e. The van der Waals surface area contributed by atoms with Crippen LogP contribution in [0.4, 0.5) is 5.69 Å². The summed E-state index contributed by atoms with van der Waals surface area (Å²) >= 11 is 0. The maximum absolute atomic E-state index is 13.1. The van der Waals surface area contributed by atoms with Gasteiger partial charge < -0.3 is 15.8 Å². The number of rotatable bonds is 5. The highest BCUT2D eigenvalue weighted by atomic mass is 16.3. The molecule has 0 aliphatic rings. The van der Waals surface area contributed by atoms with Crippen LogP contribution < -0.4 is 5.73 Å².